The maximum Gasteiger partial charge on any atom is 0.156 e. The van der Waals surface area contributed by atoms with Gasteiger partial charge in [-0.1, -0.05) is 17.8 Å². The summed E-state index contributed by atoms with van der Waals surface area (Å²) in [6.07, 6.45) is 7.16. The number of piperidine rings is 1. The van der Waals surface area contributed by atoms with Crippen LogP contribution in [0.25, 0.3) is 0 Å². The molecule has 2 unspecified atom stereocenters. The van der Waals surface area contributed by atoms with Crippen LogP contribution in [0, 0.1) is 19.8 Å². The van der Waals surface area contributed by atoms with Gasteiger partial charge in [0.15, 0.2) is 6.17 Å². The number of anilines is 1. The third-order valence-electron chi connectivity index (χ3n) is 5.36. The molecule has 3 aliphatic heterocycles. The zero-order valence-corrected chi connectivity index (χ0v) is 17.3. The first-order valence-electron chi connectivity index (χ1n) is 9.92. The van der Waals surface area contributed by atoms with Crippen LogP contribution in [0.3, 0.4) is 0 Å². The molecule has 27 heavy (non-hydrogen) atoms. The van der Waals surface area contributed by atoms with Crippen molar-refractivity contribution in [3.8, 4) is 0 Å². The van der Waals surface area contributed by atoms with Crippen molar-refractivity contribution in [1.29, 1.82) is 0 Å². The summed E-state index contributed by atoms with van der Waals surface area (Å²) < 4.78 is 0. The molecule has 144 valence electrons. The van der Waals surface area contributed by atoms with Crippen molar-refractivity contribution in [2.45, 2.75) is 45.0 Å². The summed E-state index contributed by atoms with van der Waals surface area (Å²) in [5.41, 5.74) is 4.52. The zero-order chi connectivity index (χ0) is 18.8. The molecule has 1 saturated heterocycles. The quantitative estimate of drug-likeness (QED) is 0.842. The number of nitrogens with zero attached hydrogens (tertiary/aromatic N) is 4. The predicted molar refractivity (Wildman–Crippen MR) is 116 cm³/mol. The van der Waals surface area contributed by atoms with Gasteiger partial charge >= 0.3 is 0 Å². The van der Waals surface area contributed by atoms with E-state index in [1.54, 1.807) is 0 Å². The van der Waals surface area contributed by atoms with Crippen molar-refractivity contribution in [3.63, 3.8) is 0 Å². The summed E-state index contributed by atoms with van der Waals surface area (Å²) in [6, 6.07) is 4.27. The number of aliphatic imine (C=N–C) groups is 2. The van der Waals surface area contributed by atoms with Gasteiger partial charge in [0.05, 0.1) is 16.0 Å². The number of hydrogen-bond donors (Lipinski definition) is 1. The van der Waals surface area contributed by atoms with Gasteiger partial charge in [0.2, 0.25) is 0 Å². The van der Waals surface area contributed by atoms with Crippen molar-refractivity contribution in [1.82, 2.24) is 9.88 Å². The molecule has 1 aromatic heterocycles. The van der Waals surface area contributed by atoms with E-state index < -0.39 is 0 Å². The second kappa shape index (κ2) is 8.15. The highest BCUT2D eigenvalue weighted by molar-refractivity contribution is 8.14. The first kappa shape index (κ1) is 18.7. The average Bonchev–Trinajstić information content (AvgIpc) is 2.99. The Morgan fingerprint density at radius 3 is 2.81 bits per heavy atom. The van der Waals surface area contributed by atoms with Gasteiger partial charge in [-0.15, -0.1) is 0 Å². The Hall–Kier alpha value is -1.66. The second-order valence-electron chi connectivity index (χ2n) is 7.89. The molecule has 5 nitrogen and oxygen atoms in total. The minimum absolute atomic E-state index is 0.107. The monoisotopic (exact) mass is 383 g/mol. The predicted octanol–water partition coefficient (Wildman–Crippen LogP) is 3.69. The second-order valence-corrected chi connectivity index (χ2v) is 9.26. The molecule has 0 aromatic carbocycles. The molecule has 3 atom stereocenters. The Labute approximate surface area is 166 Å². The highest BCUT2D eigenvalue weighted by Crippen LogP contribution is 2.31. The highest BCUT2D eigenvalue weighted by Gasteiger charge is 2.29. The van der Waals surface area contributed by atoms with E-state index in [1.165, 1.54) is 30.8 Å². The molecule has 0 radical (unpaired) electrons. The van der Waals surface area contributed by atoms with E-state index in [2.05, 4.69) is 65.2 Å². The summed E-state index contributed by atoms with van der Waals surface area (Å²) in [5.74, 6) is 0.677. The lowest BCUT2D eigenvalue weighted by molar-refractivity contribution is 0.203. The Morgan fingerprint density at radius 1 is 1.19 bits per heavy atom. The lowest BCUT2D eigenvalue weighted by atomic mass is 9.97. The Morgan fingerprint density at radius 2 is 2.00 bits per heavy atom. The number of fused-ring (bicyclic) bond motifs is 1. The van der Waals surface area contributed by atoms with Gasteiger partial charge in [-0.3, -0.25) is 19.9 Å². The number of likely N-dealkylation sites (tertiary alicyclic amines) is 1. The standard InChI is InChI=1S/C21H29N5S/c1-14-9-19(10-15(2)23-14)22-11-17-5-4-8-26(12-17)13-18-6-7-20-21(25-18)24-16(3)27-20/h6-7,9-10,17,20-21H,4-5,8,11-13H2,1-3H3,(H,22,23)/t17-,20?,21?/m1/s1. The van der Waals surface area contributed by atoms with Crippen LogP contribution < -0.4 is 5.32 Å². The van der Waals surface area contributed by atoms with Crippen molar-refractivity contribution >= 4 is 28.2 Å². The fourth-order valence-electron chi connectivity index (χ4n) is 4.19. The number of aryl methyl sites for hydroxylation is 2. The van der Waals surface area contributed by atoms with E-state index in [-0.39, 0.29) is 6.17 Å². The molecule has 0 bridgehead atoms. The van der Waals surface area contributed by atoms with E-state index in [9.17, 15) is 0 Å². The number of rotatable bonds is 5. The zero-order valence-electron chi connectivity index (χ0n) is 16.5. The molecule has 0 saturated carbocycles. The average molecular weight is 384 g/mol. The minimum Gasteiger partial charge on any atom is -0.385 e. The first-order chi connectivity index (χ1) is 13.0. The van der Waals surface area contributed by atoms with Crippen LogP contribution in [0.5, 0.6) is 0 Å². The first-order valence-corrected chi connectivity index (χ1v) is 10.8. The molecule has 1 aromatic rings. The van der Waals surface area contributed by atoms with Crippen molar-refractivity contribution in [2.75, 3.05) is 31.5 Å². The van der Waals surface area contributed by atoms with Crippen molar-refractivity contribution in [2.24, 2.45) is 15.9 Å². The topological polar surface area (TPSA) is 52.9 Å². The number of dihydropyridines is 1. The normalized spacial score (nSPS) is 27.9. The summed E-state index contributed by atoms with van der Waals surface area (Å²) in [7, 11) is 0. The van der Waals surface area contributed by atoms with Crippen LogP contribution in [0.1, 0.15) is 31.2 Å². The lowest BCUT2D eigenvalue weighted by Gasteiger charge is -2.33. The van der Waals surface area contributed by atoms with E-state index >= 15 is 0 Å². The number of aromatic nitrogens is 1. The number of nitrogens with one attached hydrogen (secondary N) is 1. The van der Waals surface area contributed by atoms with Gasteiger partial charge in [0.1, 0.15) is 0 Å². The Balaban J connectivity index is 1.31. The van der Waals surface area contributed by atoms with E-state index in [4.69, 9.17) is 4.99 Å². The molecule has 0 spiro atoms. The molecule has 1 N–H and O–H groups in total. The third-order valence-corrected chi connectivity index (χ3v) is 6.48. The van der Waals surface area contributed by atoms with Gasteiger partial charge in [0, 0.05) is 36.7 Å². The molecule has 6 heteroatoms. The largest absolute Gasteiger partial charge is 0.385 e. The van der Waals surface area contributed by atoms with Crippen LogP contribution in [0.4, 0.5) is 5.69 Å². The van der Waals surface area contributed by atoms with E-state index in [0.717, 1.165) is 36.1 Å². The Bertz CT molecular complexity index is 765. The van der Waals surface area contributed by atoms with Crippen molar-refractivity contribution in [3.05, 3.63) is 35.7 Å². The van der Waals surface area contributed by atoms with Gasteiger partial charge in [-0.25, -0.2) is 0 Å². The molecular formula is C21H29N5S. The smallest absolute Gasteiger partial charge is 0.156 e. The van der Waals surface area contributed by atoms with E-state index in [0.29, 0.717) is 11.2 Å². The summed E-state index contributed by atoms with van der Waals surface area (Å²) in [5, 5.41) is 5.20. The molecule has 4 heterocycles. The number of hydrogen-bond acceptors (Lipinski definition) is 6. The van der Waals surface area contributed by atoms with Gasteiger partial charge < -0.3 is 5.32 Å². The van der Waals surface area contributed by atoms with Gasteiger partial charge in [0.25, 0.3) is 0 Å². The molecular weight excluding hydrogens is 354 g/mol. The fraction of sp³-hybridized carbons (Fsp3) is 0.571. The third kappa shape index (κ3) is 4.79. The minimum atomic E-state index is 0.107. The van der Waals surface area contributed by atoms with Crippen LogP contribution >= 0.6 is 11.8 Å². The molecule has 3 aliphatic rings. The summed E-state index contributed by atoms with van der Waals surface area (Å²) >= 11 is 1.83. The molecule has 4 rings (SSSR count). The number of pyridine rings is 1. The van der Waals surface area contributed by atoms with Crippen LogP contribution in [0.2, 0.25) is 0 Å². The lowest BCUT2D eigenvalue weighted by Crippen LogP contribution is -2.41. The Kier molecular flexibility index (Phi) is 5.64. The highest BCUT2D eigenvalue weighted by atomic mass is 32.2. The molecule has 0 aliphatic carbocycles. The molecule has 1 fully saturated rings. The van der Waals surface area contributed by atoms with Crippen LogP contribution in [-0.2, 0) is 0 Å². The van der Waals surface area contributed by atoms with Crippen molar-refractivity contribution < 1.29 is 0 Å². The summed E-state index contributed by atoms with van der Waals surface area (Å²) in [4.78, 5) is 16.5. The van der Waals surface area contributed by atoms with Gasteiger partial charge in [-0.2, -0.15) is 0 Å². The SMILES string of the molecule is CC1=NC2N=C(CN3CCC[C@H](CNc4cc(C)nc(C)c4)C3)C=CC2S1. The molecule has 0 amide bonds. The van der Waals surface area contributed by atoms with Gasteiger partial charge in [-0.05, 0) is 64.3 Å². The maximum atomic E-state index is 4.88. The van der Waals surface area contributed by atoms with Crippen LogP contribution in [0.15, 0.2) is 34.3 Å². The fourth-order valence-corrected chi connectivity index (χ4v) is 5.15. The maximum absolute atomic E-state index is 4.88. The van der Waals surface area contributed by atoms with Crippen LogP contribution in [-0.4, -0.2) is 58.2 Å². The number of thioether (sulfide) groups is 1. The summed E-state index contributed by atoms with van der Waals surface area (Å²) in [6.45, 7) is 10.5. The van der Waals surface area contributed by atoms with E-state index in [1.807, 2.05) is 11.8 Å².